The minimum Gasteiger partial charge on any atom is -0.494 e. The summed E-state index contributed by atoms with van der Waals surface area (Å²) >= 11 is 0. The van der Waals surface area contributed by atoms with E-state index in [9.17, 15) is 14.9 Å². The standard InChI is InChI=1S/C25H20N2O5/c1-2-14-31-20-12-10-18(11-13-20)24(28)21(16-17-6-5-7-19(15-17)27(29)30)25-26-22-8-3-4-9-23(22)32-25/h3-13,15-16H,2,14H2,1H3. The Kier molecular flexibility index (Phi) is 6.07. The molecule has 0 unspecified atom stereocenters. The number of oxazole rings is 1. The molecule has 4 rings (SSSR count). The third-order valence-electron chi connectivity index (χ3n) is 4.75. The average Bonchev–Trinajstić information content (AvgIpc) is 3.25. The number of ether oxygens (including phenoxy) is 1. The molecule has 0 spiro atoms. The van der Waals surface area contributed by atoms with Crippen LogP contribution in [0.5, 0.6) is 5.75 Å². The monoisotopic (exact) mass is 428 g/mol. The summed E-state index contributed by atoms with van der Waals surface area (Å²) in [4.78, 5) is 28.6. The highest BCUT2D eigenvalue weighted by molar-refractivity contribution is 6.31. The lowest BCUT2D eigenvalue weighted by atomic mass is 10.0. The predicted molar refractivity (Wildman–Crippen MR) is 122 cm³/mol. The van der Waals surface area contributed by atoms with Gasteiger partial charge >= 0.3 is 0 Å². The van der Waals surface area contributed by atoms with E-state index in [1.54, 1.807) is 54.6 Å². The Morgan fingerprint density at radius 1 is 1.09 bits per heavy atom. The zero-order valence-electron chi connectivity index (χ0n) is 17.4. The van der Waals surface area contributed by atoms with Gasteiger partial charge in [0.2, 0.25) is 5.89 Å². The highest BCUT2D eigenvalue weighted by Gasteiger charge is 2.21. The third kappa shape index (κ3) is 4.57. The molecule has 0 aliphatic heterocycles. The molecular formula is C25H20N2O5. The number of allylic oxidation sites excluding steroid dienone is 1. The van der Waals surface area contributed by atoms with Crippen molar-refractivity contribution in [1.29, 1.82) is 0 Å². The van der Waals surface area contributed by atoms with Gasteiger partial charge in [0.05, 0.1) is 17.1 Å². The zero-order valence-corrected chi connectivity index (χ0v) is 17.4. The lowest BCUT2D eigenvalue weighted by Crippen LogP contribution is -2.04. The second kappa shape index (κ2) is 9.26. The van der Waals surface area contributed by atoms with Crippen LogP contribution in [0.15, 0.2) is 77.2 Å². The number of para-hydroxylation sites is 2. The third-order valence-corrected chi connectivity index (χ3v) is 4.75. The van der Waals surface area contributed by atoms with Crippen molar-refractivity contribution in [3.8, 4) is 5.75 Å². The summed E-state index contributed by atoms with van der Waals surface area (Å²) < 4.78 is 11.4. The first kappa shape index (κ1) is 21.0. The van der Waals surface area contributed by atoms with E-state index in [2.05, 4.69) is 4.98 Å². The molecule has 0 aliphatic rings. The van der Waals surface area contributed by atoms with Crippen molar-refractivity contribution < 1.29 is 18.9 Å². The van der Waals surface area contributed by atoms with E-state index >= 15 is 0 Å². The summed E-state index contributed by atoms with van der Waals surface area (Å²) in [6, 6.07) is 20.1. The Labute approximate surface area is 184 Å². The quantitative estimate of drug-likeness (QED) is 0.149. The number of nitrogens with zero attached hydrogens (tertiary/aromatic N) is 2. The molecule has 0 amide bonds. The molecule has 0 saturated carbocycles. The van der Waals surface area contributed by atoms with Gasteiger partial charge in [0.25, 0.3) is 5.69 Å². The Morgan fingerprint density at radius 2 is 1.88 bits per heavy atom. The topological polar surface area (TPSA) is 95.5 Å². The number of hydrogen-bond donors (Lipinski definition) is 0. The van der Waals surface area contributed by atoms with Gasteiger partial charge in [-0.3, -0.25) is 14.9 Å². The van der Waals surface area contributed by atoms with Crippen molar-refractivity contribution in [2.45, 2.75) is 13.3 Å². The molecule has 3 aromatic carbocycles. The summed E-state index contributed by atoms with van der Waals surface area (Å²) in [5.41, 5.74) is 2.21. The molecule has 4 aromatic rings. The van der Waals surface area contributed by atoms with Crippen molar-refractivity contribution in [3.63, 3.8) is 0 Å². The summed E-state index contributed by atoms with van der Waals surface area (Å²) in [6.07, 6.45) is 2.44. The Bertz CT molecular complexity index is 1270. The maximum atomic E-state index is 13.4. The molecule has 0 radical (unpaired) electrons. The van der Waals surface area contributed by atoms with E-state index in [-0.39, 0.29) is 22.9 Å². The van der Waals surface area contributed by atoms with Gasteiger partial charge in [0, 0.05) is 17.7 Å². The number of nitro benzene ring substituents is 1. The number of ketones is 1. The minimum atomic E-state index is -0.479. The van der Waals surface area contributed by atoms with E-state index in [0.29, 0.717) is 34.6 Å². The van der Waals surface area contributed by atoms with Crippen LogP contribution in [-0.4, -0.2) is 22.3 Å². The SMILES string of the molecule is CCCOc1ccc(C(=O)C(=Cc2cccc([N+](=O)[O-])c2)c2nc3ccccc3o2)cc1. The van der Waals surface area contributed by atoms with Crippen LogP contribution in [0.3, 0.4) is 0 Å². The van der Waals surface area contributed by atoms with Gasteiger partial charge in [-0.25, -0.2) is 4.98 Å². The van der Waals surface area contributed by atoms with E-state index < -0.39 is 4.92 Å². The largest absolute Gasteiger partial charge is 0.494 e. The number of aromatic nitrogens is 1. The Hall–Kier alpha value is -4.26. The van der Waals surface area contributed by atoms with Gasteiger partial charge < -0.3 is 9.15 Å². The fourth-order valence-electron chi connectivity index (χ4n) is 3.18. The van der Waals surface area contributed by atoms with E-state index in [1.165, 1.54) is 12.1 Å². The van der Waals surface area contributed by atoms with Crippen LogP contribution in [0.2, 0.25) is 0 Å². The maximum absolute atomic E-state index is 13.4. The molecule has 0 saturated heterocycles. The number of benzene rings is 3. The minimum absolute atomic E-state index is 0.0689. The molecule has 0 fully saturated rings. The first-order valence-electron chi connectivity index (χ1n) is 10.1. The lowest BCUT2D eigenvalue weighted by Gasteiger charge is -2.07. The number of nitro groups is 1. The van der Waals surface area contributed by atoms with Crippen LogP contribution in [0, 0.1) is 10.1 Å². The molecule has 32 heavy (non-hydrogen) atoms. The zero-order chi connectivity index (χ0) is 22.5. The normalized spacial score (nSPS) is 11.5. The molecule has 7 nitrogen and oxygen atoms in total. The average molecular weight is 428 g/mol. The van der Waals surface area contributed by atoms with Crippen LogP contribution in [-0.2, 0) is 0 Å². The summed E-state index contributed by atoms with van der Waals surface area (Å²) in [7, 11) is 0. The number of hydrogen-bond acceptors (Lipinski definition) is 6. The molecule has 0 aliphatic carbocycles. The van der Waals surface area contributed by atoms with Crippen molar-refractivity contribution in [2.75, 3.05) is 6.61 Å². The second-order valence-corrected chi connectivity index (χ2v) is 7.10. The van der Waals surface area contributed by atoms with Crippen LogP contribution in [0.25, 0.3) is 22.7 Å². The molecule has 7 heteroatoms. The van der Waals surface area contributed by atoms with Crippen molar-refractivity contribution in [3.05, 3.63) is 99.9 Å². The summed E-state index contributed by atoms with van der Waals surface area (Å²) in [5, 5.41) is 11.2. The Balaban J connectivity index is 1.77. The van der Waals surface area contributed by atoms with E-state index in [1.807, 2.05) is 19.1 Å². The molecule has 160 valence electrons. The molecule has 0 atom stereocenters. The number of fused-ring (bicyclic) bond motifs is 1. The van der Waals surface area contributed by atoms with E-state index in [0.717, 1.165) is 6.42 Å². The second-order valence-electron chi connectivity index (χ2n) is 7.10. The number of Topliss-reactive ketones (excluding diaryl/α,β-unsaturated/α-hetero) is 1. The first-order valence-corrected chi connectivity index (χ1v) is 10.1. The van der Waals surface area contributed by atoms with Gasteiger partial charge in [-0.15, -0.1) is 0 Å². The highest BCUT2D eigenvalue weighted by atomic mass is 16.6. The van der Waals surface area contributed by atoms with Gasteiger partial charge in [-0.1, -0.05) is 31.2 Å². The number of rotatable bonds is 8. The van der Waals surface area contributed by atoms with E-state index in [4.69, 9.17) is 9.15 Å². The van der Waals surface area contributed by atoms with Crippen LogP contribution in [0.4, 0.5) is 5.69 Å². The maximum Gasteiger partial charge on any atom is 0.270 e. The smallest absolute Gasteiger partial charge is 0.270 e. The Morgan fingerprint density at radius 3 is 2.59 bits per heavy atom. The fourth-order valence-corrected chi connectivity index (χ4v) is 3.18. The summed E-state index contributed by atoms with van der Waals surface area (Å²) in [6.45, 7) is 2.61. The highest BCUT2D eigenvalue weighted by Crippen LogP contribution is 2.27. The van der Waals surface area contributed by atoms with Crippen molar-refractivity contribution in [2.24, 2.45) is 0 Å². The van der Waals surface area contributed by atoms with Crippen LogP contribution < -0.4 is 4.74 Å². The van der Waals surface area contributed by atoms with Gasteiger partial charge in [0.15, 0.2) is 11.4 Å². The number of non-ortho nitro benzene ring substituents is 1. The van der Waals surface area contributed by atoms with Crippen LogP contribution in [0.1, 0.15) is 35.2 Å². The van der Waals surface area contributed by atoms with Gasteiger partial charge in [-0.2, -0.15) is 0 Å². The van der Waals surface area contributed by atoms with Gasteiger partial charge in [0.1, 0.15) is 11.3 Å². The molecule has 1 aromatic heterocycles. The predicted octanol–water partition coefficient (Wildman–Crippen LogP) is 5.95. The van der Waals surface area contributed by atoms with Gasteiger partial charge in [-0.05, 0) is 54.5 Å². The molecular weight excluding hydrogens is 408 g/mol. The number of carbonyl (C=O) groups excluding carboxylic acids is 1. The molecule has 0 bridgehead atoms. The van der Waals surface area contributed by atoms with Crippen molar-refractivity contribution >= 4 is 34.2 Å². The molecule has 0 N–H and O–H groups in total. The lowest BCUT2D eigenvalue weighted by molar-refractivity contribution is -0.384. The van der Waals surface area contributed by atoms with Crippen LogP contribution >= 0.6 is 0 Å². The molecule has 1 heterocycles. The van der Waals surface area contributed by atoms with Crippen molar-refractivity contribution in [1.82, 2.24) is 4.98 Å². The first-order chi connectivity index (χ1) is 15.5. The summed E-state index contributed by atoms with van der Waals surface area (Å²) in [5.74, 6) is 0.508. The number of carbonyl (C=O) groups is 1. The fraction of sp³-hybridized carbons (Fsp3) is 0.120.